The minimum Gasteiger partial charge on any atom is -0.240 e. The molecule has 0 amide bonds. The summed E-state index contributed by atoms with van der Waals surface area (Å²) in [7, 11) is 0. The SMILES string of the molecule is CCC(Br)C(C)c1ncc(Br)cn1. The van der Waals surface area contributed by atoms with Crippen molar-refractivity contribution in [3.05, 3.63) is 22.7 Å². The molecule has 0 aromatic carbocycles. The van der Waals surface area contributed by atoms with Gasteiger partial charge in [0, 0.05) is 23.1 Å². The van der Waals surface area contributed by atoms with Crippen LogP contribution in [-0.2, 0) is 0 Å². The smallest absolute Gasteiger partial charge is 0.132 e. The normalized spacial score (nSPS) is 15.4. The molecule has 1 heterocycles. The number of hydrogen-bond donors (Lipinski definition) is 0. The van der Waals surface area contributed by atoms with Gasteiger partial charge in [-0.25, -0.2) is 9.97 Å². The van der Waals surface area contributed by atoms with Gasteiger partial charge in [-0.15, -0.1) is 0 Å². The second-order valence-corrected chi connectivity index (χ2v) is 5.06. The topological polar surface area (TPSA) is 25.8 Å². The first-order valence-corrected chi connectivity index (χ1v) is 5.97. The summed E-state index contributed by atoms with van der Waals surface area (Å²) >= 11 is 6.92. The molecule has 4 heteroatoms. The van der Waals surface area contributed by atoms with Crippen molar-refractivity contribution >= 4 is 31.9 Å². The number of hydrogen-bond acceptors (Lipinski definition) is 2. The Balaban J connectivity index is 2.77. The lowest BCUT2D eigenvalue weighted by molar-refractivity contribution is 0.650. The van der Waals surface area contributed by atoms with Crippen LogP contribution in [0, 0.1) is 0 Å². The summed E-state index contributed by atoms with van der Waals surface area (Å²) in [5.74, 6) is 1.25. The van der Waals surface area contributed by atoms with E-state index in [4.69, 9.17) is 0 Å². The predicted octanol–water partition coefficient (Wildman–Crippen LogP) is 3.52. The Morgan fingerprint density at radius 2 is 1.92 bits per heavy atom. The molecule has 0 aliphatic rings. The molecule has 0 saturated carbocycles. The van der Waals surface area contributed by atoms with Crippen LogP contribution < -0.4 is 0 Å². The van der Waals surface area contributed by atoms with E-state index in [2.05, 4.69) is 55.7 Å². The lowest BCUT2D eigenvalue weighted by atomic mass is 10.1. The van der Waals surface area contributed by atoms with Crippen molar-refractivity contribution in [1.82, 2.24) is 9.97 Å². The van der Waals surface area contributed by atoms with E-state index in [1.54, 1.807) is 12.4 Å². The quantitative estimate of drug-likeness (QED) is 0.799. The van der Waals surface area contributed by atoms with E-state index in [9.17, 15) is 0 Å². The molecule has 0 bridgehead atoms. The number of nitrogens with zero attached hydrogens (tertiary/aromatic N) is 2. The molecule has 0 aliphatic heterocycles. The maximum Gasteiger partial charge on any atom is 0.132 e. The zero-order valence-electron chi connectivity index (χ0n) is 7.67. The average molecular weight is 308 g/mol. The van der Waals surface area contributed by atoms with E-state index >= 15 is 0 Å². The third-order valence-corrected chi connectivity index (χ3v) is 3.83. The van der Waals surface area contributed by atoms with Gasteiger partial charge in [0.15, 0.2) is 0 Å². The summed E-state index contributed by atoms with van der Waals surface area (Å²) in [4.78, 5) is 8.97. The minimum absolute atomic E-state index is 0.359. The van der Waals surface area contributed by atoms with Crippen LogP contribution in [0.15, 0.2) is 16.9 Å². The maximum atomic E-state index is 4.26. The zero-order valence-corrected chi connectivity index (χ0v) is 10.8. The lowest BCUT2D eigenvalue weighted by Gasteiger charge is -2.14. The van der Waals surface area contributed by atoms with Crippen LogP contribution in [0.2, 0.25) is 0 Å². The Bertz CT molecular complexity index is 261. The van der Waals surface area contributed by atoms with E-state index in [0.29, 0.717) is 10.7 Å². The molecule has 1 aromatic rings. The molecule has 0 spiro atoms. The molecule has 13 heavy (non-hydrogen) atoms. The summed E-state index contributed by atoms with van der Waals surface area (Å²) in [5, 5.41) is 0. The van der Waals surface area contributed by atoms with E-state index in [-0.39, 0.29) is 0 Å². The standard InChI is InChI=1S/C9H12Br2N2/c1-3-8(11)6(2)9-12-4-7(10)5-13-9/h4-6,8H,3H2,1-2H3. The number of aromatic nitrogens is 2. The van der Waals surface area contributed by atoms with E-state index in [0.717, 1.165) is 16.7 Å². The Hall–Kier alpha value is 0.0400. The zero-order chi connectivity index (χ0) is 9.84. The van der Waals surface area contributed by atoms with Gasteiger partial charge < -0.3 is 0 Å². The highest BCUT2D eigenvalue weighted by molar-refractivity contribution is 9.10. The molecule has 72 valence electrons. The third-order valence-electron chi connectivity index (χ3n) is 1.98. The van der Waals surface area contributed by atoms with Crippen molar-refractivity contribution in [2.75, 3.05) is 0 Å². The van der Waals surface area contributed by atoms with Gasteiger partial charge in [0.2, 0.25) is 0 Å². The molecule has 0 N–H and O–H groups in total. The van der Waals surface area contributed by atoms with Crippen molar-refractivity contribution in [2.24, 2.45) is 0 Å². The van der Waals surface area contributed by atoms with Crippen LogP contribution in [-0.4, -0.2) is 14.8 Å². The number of alkyl halides is 1. The summed E-state index contributed by atoms with van der Waals surface area (Å²) in [5.41, 5.74) is 0. The molecule has 1 aromatic heterocycles. The summed E-state index contributed by atoms with van der Waals surface area (Å²) < 4.78 is 0.922. The number of rotatable bonds is 3. The van der Waals surface area contributed by atoms with Crippen LogP contribution in [0.4, 0.5) is 0 Å². The molecule has 0 aliphatic carbocycles. The van der Waals surface area contributed by atoms with Gasteiger partial charge >= 0.3 is 0 Å². The van der Waals surface area contributed by atoms with Gasteiger partial charge in [-0.3, -0.25) is 0 Å². The Morgan fingerprint density at radius 1 is 1.38 bits per heavy atom. The Labute approximate surface area is 95.4 Å². The van der Waals surface area contributed by atoms with Crippen LogP contribution in [0.25, 0.3) is 0 Å². The van der Waals surface area contributed by atoms with E-state index < -0.39 is 0 Å². The van der Waals surface area contributed by atoms with Gasteiger partial charge in [0.05, 0.1) is 4.47 Å². The second-order valence-electron chi connectivity index (χ2n) is 2.97. The summed E-state index contributed by atoms with van der Waals surface area (Å²) in [6, 6.07) is 0. The van der Waals surface area contributed by atoms with E-state index in [1.165, 1.54) is 0 Å². The molecular weight excluding hydrogens is 296 g/mol. The molecule has 0 fully saturated rings. The van der Waals surface area contributed by atoms with Crippen LogP contribution in [0.3, 0.4) is 0 Å². The van der Waals surface area contributed by atoms with Crippen LogP contribution in [0.1, 0.15) is 32.0 Å². The largest absolute Gasteiger partial charge is 0.240 e. The second kappa shape index (κ2) is 5.05. The highest BCUT2D eigenvalue weighted by atomic mass is 79.9. The van der Waals surface area contributed by atoms with E-state index in [1.807, 2.05) is 0 Å². The molecule has 1 rings (SSSR count). The van der Waals surface area contributed by atoms with Crippen molar-refractivity contribution in [3.8, 4) is 0 Å². The minimum atomic E-state index is 0.359. The molecule has 2 nitrogen and oxygen atoms in total. The van der Waals surface area contributed by atoms with Gasteiger partial charge in [0.1, 0.15) is 5.82 Å². The summed E-state index contributed by atoms with van der Waals surface area (Å²) in [6.45, 7) is 4.28. The monoisotopic (exact) mass is 306 g/mol. The molecule has 2 atom stereocenters. The molecule has 0 saturated heterocycles. The number of halogens is 2. The van der Waals surface area contributed by atoms with Gasteiger partial charge in [0.25, 0.3) is 0 Å². The third kappa shape index (κ3) is 3.02. The average Bonchev–Trinajstić information content (AvgIpc) is 2.17. The first-order chi connectivity index (χ1) is 6.15. The van der Waals surface area contributed by atoms with Crippen molar-refractivity contribution in [1.29, 1.82) is 0 Å². The highest BCUT2D eigenvalue weighted by Gasteiger charge is 2.16. The van der Waals surface area contributed by atoms with Gasteiger partial charge in [-0.2, -0.15) is 0 Å². The summed E-state index contributed by atoms with van der Waals surface area (Å²) in [6.07, 6.45) is 4.66. The van der Waals surface area contributed by atoms with Crippen molar-refractivity contribution in [3.63, 3.8) is 0 Å². The maximum absolute atomic E-state index is 4.26. The molecule has 2 unspecified atom stereocenters. The van der Waals surface area contributed by atoms with Gasteiger partial charge in [-0.05, 0) is 22.4 Å². The Kier molecular flexibility index (Phi) is 4.32. The fourth-order valence-corrected chi connectivity index (χ4v) is 1.51. The molecule has 0 radical (unpaired) electrons. The highest BCUT2D eigenvalue weighted by Crippen LogP contribution is 2.24. The van der Waals surface area contributed by atoms with Gasteiger partial charge in [-0.1, -0.05) is 29.8 Å². The Morgan fingerprint density at radius 3 is 2.38 bits per heavy atom. The predicted molar refractivity (Wildman–Crippen MR) is 61.2 cm³/mol. The van der Waals surface area contributed by atoms with Crippen LogP contribution in [0.5, 0.6) is 0 Å². The fraction of sp³-hybridized carbons (Fsp3) is 0.556. The van der Waals surface area contributed by atoms with Crippen LogP contribution >= 0.6 is 31.9 Å². The van der Waals surface area contributed by atoms with Crippen molar-refractivity contribution < 1.29 is 0 Å². The van der Waals surface area contributed by atoms with Crippen molar-refractivity contribution in [2.45, 2.75) is 31.0 Å². The first-order valence-electron chi connectivity index (χ1n) is 4.26. The lowest BCUT2D eigenvalue weighted by Crippen LogP contribution is -2.11. The first kappa shape index (κ1) is 11.1. The molecular formula is C9H12Br2N2. The fourth-order valence-electron chi connectivity index (χ4n) is 1.07.